The molecule has 1 fully saturated rings. The van der Waals surface area contributed by atoms with E-state index in [9.17, 15) is 15.0 Å². The Kier molecular flexibility index (Phi) is 13.9. The molecule has 9 nitrogen and oxygen atoms in total. The van der Waals surface area contributed by atoms with E-state index >= 15 is 0 Å². The quantitative estimate of drug-likeness (QED) is 0.113. The molecule has 2 aromatic carbocycles. The van der Waals surface area contributed by atoms with Crippen LogP contribution in [-0.4, -0.2) is 66.6 Å². The highest BCUT2D eigenvalue weighted by molar-refractivity contribution is 5.77. The average Bonchev–Trinajstić information content (AvgIpc) is 2.97. The molecule has 1 aliphatic heterocycles. The number of hydrogen-bond donors (Lipinski definition) is 5. The normalized spacial score (nSPS) is 19.5. The number of esters is 1. The van der Waals surface area contributed by atoms with Gasteiger partial charge in [-0.05, 0) is 80.7 Å². The number of aryl methyl sites for hydroxylation is 1. The number of ether oxygens (including phenoxy) is 2. The first-order chi connectivity index (χ1) is 20.2. The van der Waals surface area contributed by atoms with Crippen molar-refractivity contribution in [3.63, 3.8) is 0 Å². The molecule has 0 saturated carbocycles. The number of guanidine groups is 1. The molecular formula is C33H50N4O5. The Labute approximate surface area is 250 Å². The number of phenolic OH excluding ortho intramolecular Hbond substituents is 1. The first kappa shape index (κ1) is 33.2. The van der Waals surface area contributed by atoms with E-state index in [0.29, 0.717) is 55.9 Å². The van der Waals surface area contributed by atoms with Crippen molar-refractivity contribution in [2.45, 2.75) is 96.0 Å². The predicted molar refractivity (Wildman–Crippen MR) is 167 cm³/mol. The van der Waals surface area contributed by atoms with Gasteiger partial charge in [0.25, 0.3) is 0 Å². The Morgan fingerprint density at radius 2 is 1.95 bits per heavy atom. The van der Waals surface area contributed by atoms with Gasteiger partial charge in [0.2, 0.25) is 0 Å². The average molecular weight is 583 g/mol. The summed E-state index contributed by atoms with van der Waals surface area (Å²) in [5, 5.41) is 28.0. The minimum atomic E-state index is -0.581. The highest BCUT2D eigenvalue weighted by Crippen LogP contribution is 2.31. The van der Waals surface area contributed by atoms with Crippen LogP contribution in [0.2, 0.25) is 0 Å². The van der Waals surface area contributed by atoms with E-state index < -0.39 is 12.2 Å². The van der Waals surface area contributed by atoms with Gasteiger partial charge in [-0.15, -0.1) is 0 Å². The molecule has 2 aromatic rings. The fraction of sp³-hybridized carbons (Fsp3) is 0.576. The van der Waals surface area contributed by atoms with E-state index in [0.717, 1.165) is 44.2 Å². The zero-order valence-electron chi connectivity index (χ0n) is 25.4. The van der Waals surface area contributed by atoms with Crippen LogP contribution in [0, 0.1) is 5.92 Å². The maximum atomic E-state index is 11.8. The minimum Gasteiger partial charge on any atom is -0.504 e. The Bertz CT molecular complexity index is 1110. The maximum absolute atomic E-state index is 11.8. The van der Waals surface area contributed by atoms with Gasteiger partial charge < -0.3 is 36.1 Å². The van der Waals surface area contributed by atoms with Crippen molar-refractivity contribution >= 4 is 11.9 Å². The summed E-state index contributed by atoms with van der Waals surface area (Å²) in [6, 6.07) is 16.2. The van der Waals surface area contributed by atoms with E-state index in [1.807, 2.05) is 18.2 Å². The van der Waals surface area contributed by atoms with Gasteiger partial charge in [0.1, 0.15) is 12.2 Å². The second-order valence-electron chi connectivity index (χ2n) is 11.4. The lowest BCUT2D eigenvalue weighted by Gasteiger charge is -2.31. The monoisotopic (exact) mass is 582 g/mol. The van der Waals surface area contributed by atoms with Crippen LogP contribution in [-0.2, 0) is 22.4 Å². The van der Waals surface area contributed by atoms with Crippen LogP contribution in [0.4, 0.5) is 0 Å². The fourth-order valence-electron chi connectivity index (χ4n) is 5.53. The topological polar surface area (TPSA) is 138 Å². The minimum absolute atomic E-state index is 0.0119. The first-order valence-corrected chi connectivity index (χ1v) is 15.3. The lowest BCUT2D eigenvalue weighted by molar-refractivity contribution is -0.148. The number of nitrogens with zero attached hydrogens (tertiary/aromatic N) is 1. The summed E-state index contributed by atoms with van der Waals surface area (Å²) in [6.45, 7) is 5.08. The van der Waals surface area contributed by atoms with Gasteiger partial charge in [0, 0.05) is 33.0 Å². The Hall–Kier alpha value is -3.30. The Balaban J connectivity index is 1.52. The molecule has 9 heteroatoms. The summed E-state index contributed by atoms with van der Waals surface area (Å²) in [4.78, 5) is 15.7. The number of carbonyl (C=O) groups excluding carboxylic acids is 1. The lowest BCUT2D eigenvalue weighted by Crippen LogP contribution is -2.43. The maximum Gasteiger partial charge on any atom is 0.302 e. The molecule has 5 atom stereocenters. The number of phenols is 1. The van der Waals surface area contributed by atoms with Crippen molar-refractivity contribution in [1.82, 2.24) is 10.6 Å². The van der Waals surface area contributed by atoms with Crippen LogP contribution in [0.15, 0.2) is 53.5 Å². The number of piperidine rings is 1. The molecule has 0 amide bonds. The number of aromatic hydroxyl groups is 1. The predicted octanol–water partition coefficient (Wildman–Crippen LogP) is 4.09. The van der Waals surface area contributed by atoms with Crippen LogP contribution in [0.5, 0.6) is 11.5 Å². The SMILES string of the molecule is CC[C@H](CC[C@H](O)C[C@@H](CCc1ccc(O)c(O[C@H]2CCN[C@H](Cc3ccccc3)C2)c1)OC(C)=O)CNC(N)=NC. The highest BCUT2D eigenvalue weighted by atomic mass is 16.5. The number of aliphatic imine (C=N–C) groups is 1. The van der Waals surface area contributed by atoms with Crippen LogP contribution in [0.25, 0.3) is 0 Å². The number of hydrogen-bond acceptors (Lipinski definition) is 7. The molecule has 1 saturated heterocycles. The highest BCUT2D eigenvalue weighted by Gasteiger charge is 2.24. The summed E-state index contributed by atoms with van der Waals surface area (Å²) in [5.74, 6) is 1.01. The zero-order valence-corrected chi connectivity index (χ0v) is 25.4. The Morgan fingerprint density at radius 1 is 1.17 bits per heavy atom. The zero-order chi connectivity index (χ0) is 30.3. The van der Waals surface area contributed by atoms with Crippen molar-refractivity contribution in [3.8, 4) is 11.5 Å². The van der Waals surface area contributed by atoms with E-state index in [1.165, 1.54) is 12.5 Å². The molecular weight excluding hydrogens is 532 g/mol. The molecule has 0 aromatic heterocycles. The van der Waals surface area contributed by atoms with Gasteiger partial charge in [-0.25, -0.2) is 0 Å². The molecule has 0 aliphatic carbocycles. The van der Waals surface area contributed by atoms with Gasteiger partial charge >= 0.3 is 5.97 Å². The van der Waals surface area contributed by atoms with Crippen LogP contribution in [0.1, 0.15) is 69.9 Å². The summed E-state index contributed by atoms with van der Waals surface area (Å²) in [7, 11) is 1.64. The summed E-state index contributed by atoms with van der Waals surface area (Å²) >= 11 is 0. The van der Waals surface area contributed by atoms with E-state index in [2.05, 4.69) is 46.8 Å². The second-order valence-corrected chi connectivity index (χ2v) is 11.4. The van der Waals surface area contributed by atoms with Crippen LogP contribution in [0.3, 0.4) is 0 Å². The fourth-order valence-corrected chi connectivity index (χ4v) is 5.53. The molecule has 6 N–H and O–H groups in total. The summed E-state index contributed by atoms with van der Waals surface area (Å²) in [6.07, 6.45) is 5.67. The number of carbonyl (C=O) groups is 1. The third-order valence-corrected chi connectivity index (χ3v) is 8.01. The molecule has 1 aliphatic rings. The third kappa shape index (κ3) is 11.9. The molecule has 0 radical (unpaired) electrons. The molecule has 0 spiro atoms. The number of nitrogens with two attached hydrogens (primary N) is 1. The molecule has 42 heavy (non-hydrogen) atoms. The van der Waals surface area contributed by atoms with E-state index in [-0.39, 0.29) is 17.8 Å². The van der Waals surface area contributed by atoms with Gasteiger partial charge in [-0.1, -0.05) is 49.7 Å². The number of benzene rings is 2. The van der Waals surface area contributed by atoms with E-state index in [1.54, 1.807) is 13.1 Å². The van der Waals surface area contributed by atoms with Crippen molar-refractivity contribution in [3.05, 3.63) is 59.7 Å². The smallest absolute Gasteiger partial charge is 0.302 e. The molecule has 1 heterocycles. The molecule has 0 unspecified atom stereocenters. The van der Waals surface area contributed by atoms with Gasteiger partial charge in [-0.2, -0.15) is 0 Å². The largest absolute Gasteiger partial charge is 0.504 e. The number of aliphatic hydroxyl groups is 1. The third-order valence-electron chi connectivity index (χ3n) is 8.01. The molecule has 232 valence electrons. The second kappa shape index (κ2) is 17.6. The van der Waals surface area contributed by atoms with Crippen molar-refractivity contribution in [2.24, 2.45) is 16.6 Å². The number of aliphatic hydroxyl groups excluding tert-OH is 1. The van der Waals surface area contributed by atoms with Crippen molar-refractivity contribution in [1.29, 1.82) is 0 Å². The summed E-state index contributed by atoms with van der Waals surface area (Å²) < 4.78 is 11.9. The van der Waals surface area contributed by atoms with Gasteiger partial charge in [-0.3, -0.25) is 9.79 Å². The van der Waals surface area contributed by atoms with Crippen molar-refractivity contribution < 1.29 is 24.5 Å². The van der Waals surface area contributed by atoms with Crippen LogP contribution >= 0.6 is 0 Å². The Morgan fingerprint density at radius 3 is 2.67 bits per heavy atom. The van der Waals surface area contributed by atoms with Crippen molar-refractivity contribution in [2.75, 3.05) is 20.1 Å². The van der Waals surface area contributed by atoms with Crippen LogP contribution < -0.4 is 21.1 Å². The number of rotatable bonds is 16. The molecule has 3 rings (SSSR count). The number of nitrogens with one attached hydrogen (secondary N) is 2. The van der Waals surface area contributed by atoms with E-state index in [4.69, 9.17) is 15.2 Å². The van der Waals surface area contributed by atoms with Gasteiger partial charge in [0.15, 0.2) is 17.5 Å². The summed E-state index contributed by atoms with van der Waals surface area (Å²) in [5.41, 5.74) is 8.01. The standard InChI is InChI=1S/C33H50N4O5/c1-4-24(22-37-33(34)35-3)10-13-28(39)21-29(41-23(2)38)14-11-26-12-15-31(40)32(19-26)42-30-16-17-36-27(20-30)18-25-8-6-5-7-9-25/h5-9,12,15,19,24,27-30,36,39-40H,4,10-11,13-14,16-18,20-22H2,1-3H3,(H3,34,35,37)/t24-,27-,28+,29-,30+/m1/s1. The lowest BCUT2D eigenvalue weighted by atomic mass is 9.95. The van der Waals surface area contributed by atoms with Gasteiger partial charge in [0.05, 0.1) is 6.10 Å². The first-order valence-electron chi connectivity index (χ1n) is 15.3. The molecule has 0 bridgehead atoms.